The largest absolute Gasteiger partial charge is 0.470 e. The normalized spacial score (nSPS) is 15.7. The quantitative estimate of drug-likeness (QED) is 0.570. The van der Waals surface area contributed by atoms with E-state index in [9.17, 15) is 14.0 Å². The number of carbonyl (C=O) groups is 2. The zero-order valence-corrected chi connectivity index (χ0v) is 17.1. The number of carbonyl (C=O) groups excluding carboxylic acids is 2. The Balaban J connectivity index is 1.50. The van der Waals surface area contributed by atoms with E-state index in [4.69, 9.17) is 4.74 Å². The molecule has 0 spiro atoms. The molecule has 158 valence electrons. The Morgan fingerprint density at radius 3 is 2.52 bits per heavy atom. The predicted molar refractivity (Wildman–Crippen MR) is 113 cm³/mol. The number of nitrogens with zero attached hydrogens (tertiary/aromatic N) is 3. The standard InChI is InChI=1S/C24H22FN3O3/c1-2-20-21(25)23(27-15-26-20)31-17-12-13-28(14-17)24(30)19-11-7-6-10-18(19)22(29)16-8-4-3-5-9-16/h3-11,15,17H,2,12-14H2,1H3/t17-/m1/s1. The first-order valence-corrected chi connectivity index (χ1v) is 10.2. The molecule has 0 bridgehead atoms. The lowest BCUT2D eigenvalue weighted by molar-refractivity contribution is 0.0765. The maximum absolute atomic E-state index is 14.4. The van der Waals surface area contributed by atoms with Crippen LogP contribution in [-0.2, 0) is 6.42 Å². The van der Waals surface area contributed by atoms with Gasteiger partial charge in [-0.3, -0.25) is 9.59 Å². The second kappa shape index (κ2) is 9.04. The van der Waals surface area contributed by atoms with Gasteiger partial charge in [-0.15, -0.1) is 0 Å². The molecule has 1 amide bonds. The number of likely N-dealkylation sites (tertiary alicyclic amines) is 1. The van der Waals surface area contributed by atoms with Crippen molar-refractivity contribution in [2.24, 2.45) is 0 Å². The van der Waals surface area contributed by atoms with E-state index < -0.39 is 5.82 Å². The van der Waals surface area contributed by atoms with Crippen LogP contribution < -0.4 is 4.74 Å². The van der Waals surface area contributed by atoms with Gasteiger partial charge < -0.3 is 9.64 Å². The first kappa shape index (κ1) is 20.7. The van der Waals surface area contributed by atoms with E-state index in [0.29, 0.717) is 41.8 Å². The third-order valence-electron chi connectivity index (χ3n) is 5.31. The molecular formula is C24H22FN3O3. The smallest absolute Gasteiger partial charge is 0.254 e. The van der Waals surface area contributed by atoms with E-state index >= 15 is 0 Å². The van der Waals surface area contributed by atoms with Gasteiger partial charge in [-0.1, -0.05) is 55.5 Å². The number of ketones is 1. The van der Waals surface area contributed by atoms with Crippen LogP contribution in [0.25, 0.3) is 0 Å². The van der Waals surface area contributed by atoms with Crippen LogP contribution in [0.5, 0.6) is 5.88 Å². The number of benzene rings is 2. The second-order valence-corrected chi connectivity index (χ2v) is 7.31. The van der Waals surface area contributed by atoms with Crippen LogP contribution in [-0.4, -0.2) is 45.8 Å². The lowest BCUT2D eigenvalue weighted by Crippen LogP contribution is -2.32. The van der Waals surface area contributed by atoms with Gasteiger partial charge in [0.1, 0.15) is 12.4 Å². The summed E-state index contributed by atoms with van der Waals surface area (Å²) in [7, 11) is 0. The second-order valence-electron chi connectivity index (χ2n) is 7.31. The Hall–Kier alpha value is -3.61. The minimum atomic E-state index is -0.562. The van der Waals surface area contributed by atoms with Gasteiger partial charge in [-0.05, 0) is 12.5 Å². The molecule has 0 aliphatic carbocycles. The molecule has 0 unspecified atom stereocenters. The molecule has 7 heteroatoms. The van der Waals surface area contributed by atoms with Gasteiger partial charge >= 0.3 is 0 Å². The van der Waals surface area contributed by atoms with Gasteiger partial charge in [0, 0.05) is 24.1 Å². The van der Waals surface area contributed by atoms with Crippen molar-refractivity contribution in [3.05, 3.63) is 89.1 Å². The van der Waals surface area contributed by atoms with E-state index in [2.05, 4.69) is 9.97 Å². The van der Waals surface area contributed by atoms with E-state index in [1.54, 1.807) is 60.4 Å². The highest BCUT2D eigenvalue weighted by atomic mass is 19.1. The van der Waals surface area contributed by atoms with Crippen molar-refractivity contribution in [3.8, 4) is 5.88 Å². The first-order valence-electron chi connectivity index (χ1n) is 10.2. The number of hydrogen-bond donors (Lipinski definition) is 0. The molecule has 31 heavy (non-hydrogen) atoms. The van der Waals surface area contributed by atoms with E-state index in [-0.39, 0.29) is 30.2 Å². The fourth-order valence-electron chi connectivity index (χ4n) is 3.67. The van der Waals surface area contributed by atoms with E-state index in [1.807, 2.05) is 6.07 Å². The van der Waals surface area contributed by atoms with Gasteiger partial charge in [0.25, 0.3) is 11.8 Å². The molecule has 1 saturated heterocycles. The summed E-state index contributed by atoms with van der Waals surface area (Å²) >= 11 is 0. The topological polar surface area (TPSA) is 72.4 Å². The minimum absolute atomic E-state index is 0.0918. The highest BCUT2D eigenvalue weighted by molar-refractivity contribution is 6.15. The van der Waals surface area contributed by atoms with Gasteiger partial charge in [0.15, 0.2) is 5.78 Å². The van der Waals surface area contributed by atoms with Crippen LogP contribution in [0.3, 0.4) is 0 Å². The molecule has 1 aliphatic rings. The molecule has 1 aromatic heterocycles. The third-order valence-corrected chi connectivity index (χ3v) is 5.31. The molecule has 2 heterocycles. The van der Waals surface area contributed by atoms with Gasteiger partial charge in [0.05, 0.1) is 17.8 Å². The van der Waals surface area contributed by atoms with Gasteiger partial charge in [-0.25, -0.2) is 4.98 Å². The van der Waals surface area contributed by atoms with Gasteiger partial charge in [-0.2, -0.15) is 9.37 Å². The van der Waals surface area contributed by atoms with Crippen molar-refractivity contribution in [2.45, 2.75) is 25.9 Å². The third kappa shape index (κ3) is 4.30. The van der Waals surface area contributed by atoms with Crippen LogP contribution in [0.1, 0.15) is 45.3 Å². The lowest BCUT2D eigenvalue weighted by atomic mass is 9.97. The van der Waals surface area contributed by atoms with Crippen LogP contribution >= 0.6 is 0 Å². The lowest BCUT2D eigenvalue weighted by Gasteiger charge is -2.19. The fourth-order valence-corrected chi connectivity index (χ4v) is 3.67. The zero-order chi connectivity index (χ0) is 21.8. The highest BCUT2D eigenvalue weighted by Gasteiger charge is 2.31. The maximum atomic E-state index is 14.4. The predicted octanol–water partition coefficient (Wildman–Crippen LogP) is 3.70. The van der Waals surface area contributed by atoms with Crippen molar-refractivity contribution in [2.75, 3.05) is 13.1 Å². The molecule has 2 aromatic carbocycles. The van der Waals surface area contributed by atoms with Crippen molar-refractivity contribution >= 4 is 11.7 Å². The van der Waals surface area contributed by atoms with Crippen LogP contribution in [0.15, 0.2) is 60.9 Å². The summed E-state index contributed by atoms with van der Waals surface area (Å²) in [4.78, 5) is 35.5. The first-order chi connectivity index (χ1) is 15.1. The molecule has 1 atom stereocenters. The Labute approximate surface area is 179 Å². The molecule has 6 nitrogen and oxygen atoms in total. The number of aromatic nitrogens is 2. The Morgan fingerprint density at radius 1 is 1.06 bits per heavy atom. The molecule has 0 radical (unpaired) electrons. The van der Waals surface area contributed by atoms with Crippen molar-refractivity contribution in [1.29, 1.82) is 0 Å². The summed E-state index contributed by atoms with van der Waals surface area (Å²) < 4.78 is 20.1. The number of hydrogen-bond acceptors (Lipinski definition) is 5. The maximum Gasteiger partial charge on any atom is 0.254 e. The van der Waals surface area contributed by atoms with Crippen LogP contribution in [0, 0.1) is 5.82 Å². The van der Waals surface area contributed by atoms with Gasteiger partial charge in [0.2, 0.25) is 5.82 Å². The van der Waals surface area contributed by atoms with Crippen molar-refractivity contribution in [3.63, 3.8) is 0 Å². The number of halogens is 1. The number of ether oxygens (including phenoxy) is 1. The average molecular weight is 419 g/mol. The zero-order valence-electron chi connectivity index (χ0n) is 17.1. The van der Waals surface area contributed by atoms with Crippen molar-refractivity contribution < 1.29 is 18.7 Å². The number of rotatable bonds is 6. The average Bonchev–Trinajstić information content (AvgIpc) is 3.28. The number of amides is 1. The van der Waals surface area contributed by atoms with E-state index in [1.165, 1.54) is 6.33 Å². The summed E-state index contributed by atoms with van der Waals surface area (Å²) in [5.41, 5.74) is 1.52. The SMILES string of the molecule is CCc1ncnc(O[C@@H]2CCN(C(=O)c3ccccc3C(=O)c3ccccc3)C2)c1F. The highest BCUT2D eigenvalue weighted by Crippen LogP contribution is 2.23. The summed E-state index contributed by atoms with van der Waals surface area (Å²) in [5.74, 6) is -1.10. The molecule has 1 fully saturated rings. The molecule has 0 N–H and O–H groups in total. The summed E-state index contributed by atoms with van der Waals surface area (Å²) in [6.07, 6.45) is 1.88. The Morgan fingerprint density at radius 2 is 1.77 bits per heavy atom. The van der Waals surface area contributed by atoms with Crippen LogP contribution in [0.4, 0.5) is 4.39 Å². The summed E-state index contributed by atoms with van der Waals surface area (Å²) in [6.45, 7) is 2.54. The molecule has 3 aromatic rings. The summed E-state index contributed by atoms with van der Waals surface area (Å²) in [6, 6.07) is 15.7. The Bertz CT molecular complexity index is 1100. The molecule has 1 aliphatic heterocycles. The molecule has 0 saturated carbocycles. The fraction of sp³-hybridized carbons (Fsp3) is 0.250. The Kier molecular flexibility index (Phi) is 6.02. The molecule has 4 rings (SSSR count). The van der Waals surface area contributed by atoms with E-state index in [0.717, 1.165) is 0 Å². The monoisotopic (exact) mass is 419 g/mol. The van der Waals surface area contributed by atoms with Crippen molar-refractivity contribution in [1.82, 2.24) is 14.9 Å². The number of aryl methyl sites for hydroxylation is 1. The van der Waals surface area contributed by atoms with Crippen LogP contribution in [0.2, 0.25) is 0 Å². The summed E-state index contributed by atoms with van der Waals surface area (Å²) in [5, 5.41) is 0. The molecular weight excluding hydrogens is 397 g/mol. The minimum Gasteiger partial charge on any atom is -0.470 e.